The van der Waals surface area contributed by atoms with Crippen molar-refractivity contribution in [1.82, 2.24) is 0 Å². The number of aromatic carboxylic acids is 1. The van der Waals surface area contributed by atoms with Crippen LogP contribution in [0, 0.1) is 0 Å². The van der Waals surface area contributed by atoms with Gasteiger partial charge in [-0.1, -0.05) is 59.8 Å². The van der Waals surface area contributed by atoms with Crippen LogP contribution in [0.25, 0.3) is 0 Å². The average molecular weight is 361 g/mol. The molecule has 3 aromatic rings. The van der Waals surface area contributed by atoms with Gasteiger partial charge in [0.25, 0.3) is 0 Å². The van der Waals surface area contributed by atoms with Crippen LogP contribution in [0.2, 0.25) is 0 Å². The van der Waals surface area contributed by atoms with E-state index in [2.05, 4.69) is 5.16 Å². The largest absolute Gasteiger partial charge is 0.488 e. The molecular formula is C22H19NO4. The molecule has 136 valence electrons. The summed E-state index contributed by atoms with van der Waals surface area (Å²) >= 11 is 0. The summed E-state index contributed by atoms with van der Waals surface area (Å²) in [5, 5.41) is 13.0. The highest BCUT2D eigenvalue weighted by Crippen LogP contribution is 2.18. The topological polar surface area (TPSA) is 68.1 Å². The Bertz CT molecular complexity index is 905. The highest BCUT2D eigenvalue weighted by Gasteiger charge is 2.04. The number of carboxylic acids is 1. The molecule has 0 atom stereocenters. The summed E-state index contributed by atoms with van der Waals surface area (Å²) < 4.78 is 5.84. The van der Waals surface area contributed by atoms with Crippen LogP contribution >= 0.6 is 0 Å². The van der Waals surface area contributed by atoms with Crippen molar-refractivity contribution in [1.29, 1.82) is 0 Å². The lowest BCUT2D eigenvalue weighted by atomic mass is 10.1. The van der Waals surface area contributed by atoms with Gasteiger partial charge in [0.05, 0.1) is 11.8 Å². The summed E-state index contributed by atoms with van der Waals surface area (Å²) in [6, 6.07) is 23.9. The van der Waals surface area contributed by atoms with Crippen LogP contribution in [0.3, 0.4) is 0 Å². The van der Waals surface area contributed by atoms with Gasteiger partial charge in [-0.25, -0.2) is 4.79 Å². The van der Waals surface area contributed by atoms with E-state index in [-0.39, 0.29) is 5.56 Å². The van der Waals surface area contributed by atoms with Gasteiger partial charge in [0.1, 0.15) is 19.0 Å². The maximum absolute atomic E-state index is 10.9. The molecule has 0 aliphatic heterocycles. The van der Waals surface area contributed by atoms with Crippen LogP contribution in [-0.4, -0.2) is 17.3 Å². The first kappa shape index (κ1) is 18.2. The summed E-state index contributed by atoms with van der Waals surface area (Å²) in [6.45, 7) is 0.728. The monoisotopic (exact) mass is 361 g/mol. The van der Waals surface area contributed by atoms with E-state index in [1.165, 1.54) is 0 Å². The van der Waals surface area contributed by atoms with E-state index in [4.69, 9.17) is 14.7 Å². The summed E-state index contributed by atoms with van der Waals surface area (Å²) in [4.78, 5) is 16.2. The molecule has 0 radical (unpaired) electrons. The lowest BCUT2D eigenvalue weighted by Crippen LogP contribution is -2.00. The van der Waals surface area contributed by atoms with Crippen LogP contribution in [0.1, 0.15) is 27.0 Å². The Hall–Kier alpha value is -3.60. The number of hydrogen-bond acceptors (Lipinski definition) is 4. The predicted octanol–water partition coefficient (Wildman–Crippen LogP) is 4.51. The van der Waals surface area contributed by atoms with E-state index in [9.17, 15) is 4.79 Å². The highest BCUT2D eigenvalue weighted by molar-refractivity contribution is 5.87. The Morgan fingerprint density at radius 2 is 1.52 bits per heavy atom. The molecule has 0 saturated heterocycles. The average Bonchev–Trinajstić information content (AvgIpc) is 2.71. The van der Waals surface area contributed by atoms with Crippen molar-refractivity contribution in [3.05, 3.63) is 101 Å². The maximum atomic E-state index is 10.9. The van der Waals surface area contributed by atoms with Gasteiger partial charge in [0.15, 0.2) is 0 Å². The fourth-order valence-electron chi connectivity index (χ4n) is 2.40. The summed E-state index contributed by atoms with van der Waals surface area (Å²) in [5.41, 5.74) is 2.98. The Morgan fingerprint density at radius 3 is 2.26 bits per heavy atom. The third kappa shape index (κ3) is 5.44. The predicted molar refractivity (Wildman–Crippen MR) is 103 cm³/mol. The fraction of sp³-hybridized carbons (Fsp3) is 0.0909. The van der Waals surface area contributed by atoms with Crippen molar-refractivity contribution in [2.75, 3.05) is 0 Å². The maximum Gasteiger partial charge on any atom is 0.335 e. The number of nitrogens with zero attached hydrogens (tertiary/aromatic N) is 1. The third-order valence-electron chi connectivity index (χ3n) is 3.85. The summed E-state index contributed by atoms with van der Waals surface area (Å²) in [5.74, 6) is -0.272. The van der Waals surface area contributed by atoms with Gasteiger partial charge in [0.2, 0.25) is 0 Å². The molecule has 0 fully saturated rings. The van der Waals surface area contributed by atoms with Crippen LogP contribution in [0.15, 0.2) is 84.0 Å². The Morgan fingerprint density at radius 1 is 0.852 bits per heavy atom. The van der Waals surface area contributed by atoms with Gasteiger partial charge in [-0.05, 0) is 35.4 Å². The van der Waals surface area contributed by atoms with Crippen molar-refractivity contribution in [2.45, 2.75) is 13.2 Å². The molecule has 3 aromatic carbocycles. The molecule has 0 aliphatic carbocycles. The SMILES string of the molecule is O=C(O)c1ccc(COc2ccccc2C=NOCc2ccccc2)cc1. The second kappa shape index (κ2) is 9.20. The molecular weight excluding hydrogens is 342 g/mol. The first-order valence-corrected chi connectivity index (χ1v) is 8.46. The minimum atomic E-state index is -0.945. The zero-order valence-electron chi connectivity index (χ0n) is 14.6. The van der Waals surface area contributed by atoms with Crippen molar-refractivity contribution in [3.63, 3.8) is 0 Å². The van der Waals surface area contributed by atoms with Gasteiger partial charge < -0.3 is 14.7 Å². The van der Waals surface area contributed by atoms with E-state index in [0.29, 0.717) is 19.0 Å². The molecule has 0 amide bonds. The van der Waals surface area contributed by atoms with Gasteiger partial charge in [-0.3, -0.25) is 0 Å². The van der Waals surface area contributed by atoms with E-state index in [0.717, 1.165) is 16.7 Å². The standard InChI is InChI=1S/C22H19NO4/c24-22(25)19-12-10-18(11-13-19)15-26-21-9-5-4-8-20(21)14-23-27-16-17-6-2-1-3-7-17/h1-14H,15-16H2,(H,24,25). The van der Waals surface area contributed by atoms with Crippen molar-refractivity contribution >= 4 is 12.2 Å². The smallest absolute Gasteiger partial charge is 0.335 e. The number of hydrogen-bond donors (Lipinski definition) is 1. The molecule has 0 bridgehead atoms. The first-order valence-electron chi connectivity index (χ1n) is 8.46. The molecule has 5 heteroatoms. The number of rotatable bonds is 8. The minimum Gasteiger partial charge on any atom is -0.488 e. The Balaban J connectivity index is 1.58. The van der Waals surface area contributed by atoms with Gasteiger partial charge in [-0.15, -0.1) is 0 Å². The number of carbonyl (C=O) groups is 1. The number of para-hydroxylation sites is 1. The lowest BCUT2D eigenvalue weighted by Gasteiger charge is -2.09. The van der Waals surface area contributed by atoms with E-state index < -0.39 is 5.97 Å². The van der Waals surface area contributed by atoms with Crippen LogP contribution < -0.4 is 4.74 Å². The van der Waals surface area contributed by atoms with Gasteiger partial charge >= 0.3 is 5.97 Å². The summed E-state index contributed by atoms with van der Waals surface area (Å²) in [7, 11) is 0. The lowest BCUT2D eigenvalue weighted by molar-refractivity contribution is 0.0697. The molecule has 0 unspecified atom stereocenters. The molecule has 0 spiro atoms. The molecule has 0 aliphatic rings. The molecule has 0 saturated carbocycles. The van der Waals surface area contributed by atoms with Crippen LogP contribution in [0.4, 0.5) is 0 Å². The third-order valence-corrected chi connectivity index (χ3v) is 3.85. The highest BCUT2D eigenvalue weighted by atomic mass is 16.6. The Labute approximate surface area is 157 Å². The van der Waals surface area contributed by atoms with E-state index in [1.54, 1.807) is 30.5 Å². The van der Waals surface area contributed by atoms with Crippen LogP contribution in [0.5, 0.6) is 5.75 Å². The number of carboxylic acid groups (broad SMARTS) is 1. The van der Waals surface area contributed by atoms with Crippen molar-refractivity contribution in [3.8, 4) is 5.75 Å². The van der Waals surface area contributed by atoms with Crippen LogP contribution in [-0.2, 0) is 18.1 Å². The number of oxime groups is 1. The molecule has 0 heterocycles. The van der Waals surface area contributed by atoms with Gasteiger partial charge in [-0.2, -0.15) is 0 Å². The van der Waals surface area contributed by atoms with E-state index >= 15 is 0 Å². The molecule has 0 aromatic heterocycles. The molecule has 3 rings (SSSR count). The zero-order valence-corrected chi connectivity index (χ0v) is 14.6. The quantitative estimate of drug-likeness (QED) is 0.473. The second-order valence-electron chi connectivity index (χ2n) is 5.82. The number of benzene rings is 3. The molecule has 5 nitrogen and oxygen atoms in total. The van der Waals surface area contributed by atoms with E-state index in [1.807, 2.05) is 54.6 Å². The number of ether oxygens (including phenoxy) is 1. The van der Waals surface area contributed by atoms with Gasteiger partial charge in [0, 0.05) is 5.56 Å². The van der Waals surface area contributed by atoms with Crippen molar-refractivity contribution < 1.29 is 19.5 Å². The molecule has 1 N–H and O–H groups in total. The fourth-order valence-corrected chi connectivity index (χ4v) is 2.40. The normalized spacial score (nSPS) is 10.7. The zero-order chi connectivity index (χ0) is 18.9. The second-order valence-corrected chi connectivity index (χ2v) is 5.82. The molecule has 27 heavy (non-hydrogen) atoms. The minimum absolute atomic E-state index is 0.252. The Kier molecular flexibility index (Phi) is 6.20. The first-order chi connectivity index (χ1) is 13.2. The van der Waals surface area contributed by atoms with Crippen molar-refractivity contribution in [2.24, 2.45) is 5.16 Å². The summed E-state index contributed by atoms with van der Waals surface area (Å²) in [6.07, 6.45) is 1.62.